The van der Waals surface area contributed by atoms with Crippen LogP contribution in [-0.2, 0) is 6.54 Å². The molecule has 154 valence electrons. The van der Waals surface area contributed by atoms with Crippen molar-refractivity contribution in [2.75, 3.05) is 39.9 Å². The second kappa shape index (κ2) is 9.42. The van der Waals surface area contributed by atoms with Crippen LogP contribution in [0.3, 0.4) is 0 Å². The van der Waals surface area contributed by atoms with E-state index in [1.165, 1.54) is 30.5 Å². The highest BCUT2D eigenvalue weighted by molar-refractivity contribution is 5.64. The zero-order chi connectivity index (χ0) is 20.1. The Hall–Kier alpha value is -2.37. The van der Waals surface area contributed by atoms with E-state index in [1.54, 1.807) is 7.11 Å². The van der Waals surface area contributed by atoms with Gasteiger partial charge < -0.3 is 9.47 Å². The molecular formula is C24H31N3O2. The Kier molecular flexibility index (Phi) is 6.47. The van der Waals surface area contributed by atoms with Crippen LogP contribution < -0.4 is 9.47 Å². The summed E-state index contributed by atoms with van der Waals surface area (Å²) in [5.41, 5.74) is 3.66. The van der Waals surface area contributed by atoms with Gasteiger partial charge >= 0.3 is 0 Å². The van der Waals surface area contributed by atoms with Crippen LogP contribution in [0.1, 0.15) is 30.9 Å². The van der Waals surface area contributed by atoms with E-state index >= 15 is 0 Å². The average Bonchev–Trinajstić information content (AvgIpc) is 3.21. The van der Waals surface area contributed by atoms with Gasteiger partial charge in [-0.2, -0.15) is 0 Å². The number of benzene rings is 1. The van der Waals surface area contributed by atoms with Crippen LogP contribution in [0.4, 0.5) is 0 Å². The smallest absolute Gasteiger partial charge is 0.127 e. The van der Waals surface area contributed by atoms with Gasteiger partial charge in [-0.15, -0.1) is 0 Å². The van der Waals surface area contributed by atoms with E-state index in [0.717, 1.165) is 43.2 Å². The van der Waals surface area contributed by atoms with Crippen molar-refractivity contribution in [1.82, 2.24) is 14.8 Å². The van der Waals surface area contributed by atoms with Gasteiger partial charge in [-0.05, 0) is 67.4 Å². The number of aromatic nitrogens is 1. The number of likely N-dealkylation sites (N-methyl/N-ethyl adjacent to an activating group) is 1. The van der Waals surface area contributed by atoms with Crippen molar-refractivity contribution >= 4 is 6.08 Å². The number of pyridine rings is 1. The highest BCUT2D eigenvalue weighted by atomic mass is 16.5. The Balaban J connectivity index is 1.52. The fourth-order valence-electron chi connectivity index (χ4n) is 4.46. The normalized spacial score (nSPS) is 19.0. The molecule has 0 amide bonds. The molecule has 1 saturated heterocycles. The lowest BCUT2D eigenvalue weighted by Crippen LogP contribution is -2.41. The molecule has 0 bridgehead atoms. The number of hydrogen-bond donors (Lipinski definition) is 0. The third kappa shape index (κ3) is 4.98. The minimum atomic E-state index is 0.633. The molecule has 0 radical (unpaired) electrons. The van der Waals surface area contributed by atoms with Gasteiger partial charge in [0.05, 0.1) is 7.11 Å². The first-order valence-corrected chi connectivity index (χ1v) is 10.6. The summed E-state index contributed by atoms with van der Waals surface area (Å²) in [7, 11) is 1.70. The molecule has 2 aliphatic heterocycles. The maximum absolute atomic E-state index is 6.03. The first-order chi connectivity index (χ1) is 14.2. The number of fused-ring (bicyclic) bond motifs is 1. The van der Waals surface area contributed by atoms with Crippen molar-refractivity contribution in [2.45, 2.75) is 32.4 Å². The largest absolute Gasteiger partial charge is 0.497 e. The van der Waals surface area contributed by atoms with Crippen molar-refractivity contribution < 1.29 is 9.47 Å². The Morgan fingerprint density at radius 3 is 3.00 bits per heavy atom. The summed E-state index contributed by atoms with van der Waals surface area (Å²) in [5, 5.41) is 0. The Morgan fingerprint density at radius 1 is 1.28 bits per heavy atom. The van der Waals surface area contributed by atoms with Gasteiger partial charge in [0, 0.05) is 43.6 Å². The molecule has 1 aromatic heterocycles. The molecule has 29 heavy (non-hydrogen) atoms. The van der Waals surface area contributed by atoms with E-state index in [9.17, 15) is 0 Å². The van der Waals surface area contributed by atoms with E-state index in [1.807, 2.05) is 30.6 Å². The number of likely N-dealkylation sites (tertiary alicyclic amines) is 1. The topological polar surface area (TPSA) is 37.8 Å². The first kappa shape index (κ1) is 19.9. The first-order valence-electron chi connectivity index (χ1n) is 10.6. The van der Waals surface area contributed by atoms with Crippen molar-refractivity contribution in [3.63, 3.8) is 0 Å². The fraction of sp³-hybridized carbons (Fsp3) is 0.458. The van der Waals surface area contributed by atoms with Gasteiger partial charge in [-0.3, -0.25) is 14.8 Å². The summed E-state index contributed by atoms with van der Waals surface area (Å²) in [4.78, 5) is 9.47. The minimum absolute atomic E-state index is 0.633. The second-order valence-corrected chi connectivity index (χ2v) is 7.95. The molecule has 2 aromatic rings. The Labute approximate surface area is 173 Å². The number of hydrogen-bond acceptors (Lipinski definition) is 5. The summed E-state index contributed by atoms with van der Waals surface area (Å²) < 4.78 is 11.4. The molecule has 0 aliphatic carbocycles. The zero-order valence-electron chi connectivity index (χ0n) is 17.5. The van der Waals surface area contributed by atoms with Crippen molar-refractivity contribution in [3.8, 4) is 11.5 Å². The van der Waals surface area contributed by atoms with E-state index in [-0.39, 0.29) is 0 Å². The van der Waals surface area contributed by atoms with E-state index in [2.05, 4.69) is 39.9 Å². The summed E-state index contributed by atoms with van der Waals surface area (Å²) in [6, 6.07) is 10.8. The fourth-order valence-corrected chi connectivity index (χ4v) is 4.46. The maximum Gasteiger partial charge on any atom is 0.127 e. The van der Waals surface area contributed by atoms with Gasteiger partial charge in [0.2, 0.25) is 0 Å². The van der Waals surface area contributed by atoms with Crippen molar-refractivity contribution in [2.24, 2.45) is 0 Å². The Bertz CT molecular complexity index is 837. The van der Waals surface area contributed by atoms with Crippen LogP contribution in [0.15, 0.2) is 48.3 Å². The van der Waals surface area contributed by atoms with Gasteiger partial charge in [-0.1, -0.05) is 13.0 Å². The summed E-state index contributed by atoms with van der Waals surface area (Å²) in [6.45, 7) is 8.15. The standard InChI is InChI=1S/C24H31N3O2/c1-3-27-11-5-7-22(27)17-26(15-19-6-4-10-25-14-19)16-20-12-21-13-23(28-2)8-9-24(21)29-18-20/h4,6,8-10,12-14,22H,3,5,7,11,15-18H2,1-2H3/t22-/m0/s1. The van der Waals surface area contributed by atoms with Gasteiger partial charge in [0.25, 0.3) is 0 Å². The van der Waals surface area contributed by atoms with Crippen LogP contribution >= 0.6 is 0 Å². The van der Waals surface area contributed by atoms with Crippen LogP contribution in [0.2, 0.25) is 0 Å². The lowest BCUT2D eigenvalue weighted by molar-refractivity contribution is 0.176. The van der Waals surface area contributed by atoms with Crippen LogP contribution in [0.5, 0.6) is 11.5 Å². The third-order valence-electron chi connectivity index (χ3n) is 5.92. The zero-order valence-corrected chi connectivity index (χ0v) is 17.5. The highest BCUT2D eigenvalue weighted by Gasteiger charge is 2.26. The molecule has 2 aliphatic rings. The SMILES string of the molecule is CCN1CCC[C@H]1CN(CC1=Cc2cc(OC)ccc2OC1)Cc1cccnc1. The average molecular weight is 394 g/mol. The molecule has 0 N–H and O–H groups in total. The second-order valence-electron chi connectivity index (χ2n) is 7.95. The van der Waals surface area contributed by atoms with E-state index in [4.69, 9.17) is 9.47 Å². The van der Waals surface area contributed by atoms with Crippen LogP contribution in [-0.4, -0.2) is 60.7 Å². The number of methoxy groups -OCH3 is 1. The molecule has 1 fully saturated rings. The molecule has 0 unspecified atom stereocenters. The summed E-state index contributed by atoms with van der Waals surface area (Å²) >= 11 is 0. The van der Waals surface area contributed by atoms with Crippen molar-refractivity contribution in [3.05, 3.63) is 59.4 Å². The predicted octanol–water partition coefficient (Wildman–Crippen LogP) is 3.85. The highest BCUT2D eigenvalue weighted by Crippen LogP contribution is 2.30. The molecule has 3 heterocycles. The lowest BCUT2D eigenvalue weighted by Gasteiger charge is -2.31. The van der Waals surface area contributed by atoms with Crippen molar-refractivity contribution in [1.29, 1.82) is 0 Å². The molecular weight excluding hydrogens is 362 g/mol. The number of rotatable bonds is 8. The quantitative estimate of drug-likeness (QED) is 0.681. The molecule has 1 atom stereocenters. The Morgan fingerprint density at radius 2 is 2.21 bits per heavy atom. The lowest BCUT2D eigenvalue weighted by atomic mass is 10.1. The van der Waals surface area contributed by atoms with E-state index in [0.29, 0.717) is 12.6 Å². The molecule has 0 saturated carbocycles. The third-order valence-corrected chi connectivity index (χ3v) is 5.92. The molecule has 0 spiro atoms. The van der Waals surface area contributed by atoms with Crippen LogP contribution in [0.25, 0.3) is 6.08 Å². The van der Waals surface area contributed by atoms with Gasteiger partial charge in [0.15, 0.2) is 0 Å². The number of nitrogens with zero attached hydrogens (tertiary/aromatic N) is 3. The molecule has 1 aromatic carbocycles. The molecule has 4 rings (SSSR count). The summed E-state index contributed by atoms with van der Waals surface area (Å²) in [6.07, 6.45) is 8.67. The molecule has 5 heteroatoms. The molecule has 5 nitrogen and oxygen atoms in total. The van der Waals surface area contributed by atoms with E-state index < -0.39 is 0 Å². The monoisotopic (exact) mass is 393 g/mol. The van der Waals surface area contributed by atoms with Crippen LogP contribution in [0, 0.1) is 0 Å². The maximum atomic E-state index is 6.03. The summed E-state index contributed by atoms with van der Waals surface area (Å²) in [5.74, 6) is 1.79. The van der Waals surface area contributed by atoms with Gasteiger partial charge in [-0.25, -0.2) is 0 Å². The number of ether oxygens (including phenoxy) is 2. The van der Waals surface area contributed by atoms with Gasteiger partial charge in [0.1, 0.15) is 18.1 Å². The minimum Gasteiger partial charge on any atom is -0.497 e. The predicted molar refractivity (Wildman–Crippen MR) is 116 cm³/mol.